The first-order valence-corrected chi connectivity index (χ1v) is 13.6. The van der Waals surface area contributed by atoms with Crippen LogP contribution in [0.4, 0.5) is 11.6 Å². The molecule has 0 amide bonds. The van der Waals surface area contributed by atoms with Crippen molar-refractivity contribution in [3.05, 3.63) is 41.3 Å². The van der Waals surface area contributed by atoms with E-state index in [4.69, 9.17) is 9.47 Å². The number of hydrogen-bond donors (Lipinski definition) is 2. The number of rotatable bonds is 10. The van der Waals surface area contributed by atoms with Crippen LogP contribution in [0.3, 0.4) is 0 Å². The second-order valence-corrected chi connectivity index (χ2v) is 10.7. The molecule has 37 heavy (non-hydrogen) atoms. The number of thiazole rings is 1. The molecule has 0 aliphatic heterocycles. The molecule has 1 unspecified atom stereocenters. The summed E-state index contributed by atoms with van der Waals surface area (Å²) in [7, 11) is 1.56. The standard InChI is InChI=1S/C27H35N5O4S/c1-5-6-13-36-24(33)18-7-9-19(10-8-18)27(3,34)25-29-16-22(37-25)21-15-20(14-17(2)30-21)31-26-28-12-11-23(32-26)35-4/h11-12,14-16,18-19,34H,5-10,13H2,1-4H3,(H,28,30,31,32). The van der Waals surface area contributed by atoms with Crippen LogP contribution in [0.1, 0.15) is 63.1 Å². The first-order chi connectivity index (χ1) is 17.8. The molecule has 1 aliphatic rings. The Labute approximate surface area is 221 Å². The van der Waals surface area contributed by atoms with Gasteiger partial charge in [0.1, 0.15) is 10.6 Å². The Bertz CT molecular complexity index is 1210. The van der Waals surface area contributed by atoms with Crippen LogP contribution >= 0.6 is 11.3 Å². The van der Waals surface area contributed by atoms with Gasteiger partial charge in [-0.15, -0.1) is 11.3 Å². The summed E-state index contributed by atoms with van der Waals surface area (Å²) in [6.45, 7) is 6.32. The van der Waals surface area contributed by atoms with Crippen molar-refractivity contribution in [2.24, 2.45) is 11.8 Å². The lowest BCUT2D eigenvalue weighted by atomic mass is 9.74. The molecule has 3 aromatic heterocycles. The summed E-state index contributed by atoms with van der Waals surface area (Å²) in [5.41, 5.74) is 1.29. The zero-order valence-corrected chi connectivity index (χ0v) is 22.7. The van der Waals surface area contributed by atoms with E-state index in [1.807, 2.05) is 26.0 Å². The Kier molecular flexibility index (Phi) is 8.71. The summed E-state index contributed by atoms with van der Waals surface area (Å²) >= 11 is 1.44. The first-order valence-electron chi connectivity index (χ1n) is 12.8. The van der Waals surface area contributed by atoms with Gasteiger partial charge in [0.15, 0.2) is 0 Å². The third-order valence-electron chi connectivity index (χ3n) is 6.84. The van der Waals surface area contributed by atoms with Gasteiger partial charge >= 0.3 is 5.97 Å². The van der Waals surface area contributed by atoms with Crippen molar-refractivity contribution >= 4 is 28.9 Å². The number of methoxy groups -OCH3 is 1. The smallest absolute Gasteiger partial charge is 0.308 e. The van der Waals surface area contributed by atoms with Gasteiger partial charge in [-0.3, -0.25) is 9.78 Å². The highest BCUT2D eigenvalue weighted by atomic mass is 32.1. The lowest BCUT2D eigenvalue weighted by Crippen LogP contribution is -2.36. The number of carbonyl (C=O) groups excluding carboxylic acids is 1. The summed E-state index contributed by atoms with van der Waals surface area (Å²) < 4.78 is 10.6. The normalized spacial score (nSPS) is 19.2. The molecule has 0 saturated heterocycles. The molecular weight excluding hydrogens is 490 g/mol. The van der Waals surface area contributed by atoms with Gasteiger partial charge in [0.05, 0.1) is 30.2 Å². The van der Waals surface area contributed by atoms with Gasteiger partial charge < -0.3 is 19.9 Å². The molecule has 0 radical (unpaired) electrons. The van der Waals surface area contributed by atoms with Crippen LogP contribution in [0, 0.1) is 18.8 Å². The topological polar surface area (TPSA) is 119 Å². The van der Waals surface area contributed by atoms with Crippen molar-refractivity contribution in [3.63, 3.8) is 0 Å². The number of hydrogen-bond acceptors (Lipinski definition) is 10. The number of carbonyl (C=O) groups is 1. The van der Waals surface area contributed by atoms with Crippen molar-refractivity contribution in [3.8, 4) is 16.5 Å². The summed E-state index contributed by atoms with van der Waals surface area (Å²) in [4.78, 5) is 31.0. The predicted molar refractivity (Wildman–Crippen MR) is 143 cm³/mol. The van der Waals surface area contributed by atoms with E-state index in [9.17, 15) is 9.90 Å². The highest BCUT2D eigenvalue weighted by Gasteiger charge is 2.40. The number of aryl methyl sites for hydroxylation is 1. The molecule has 198 valence electrons. The van der Waals surface area contributed by atoms with Crippen LogP contribution in [0.25, 0.3) is 10.6 Å². The van der Waals surface area contributed by atoms with Gasteiger partial charge in [-0.05, 0) is 64.0 Å². The second kappa shape index (κ2) is 12.0. The minimum atomic E-state index is -1.08. The molecule has 9 nitrogen and oxygen atoms in total. The zero-order chi connectivity index (χ0) is 26.4. The lowest BCUT2D eigenvalue weighted by Gasteiger charge is -2.36. The molecule has 10 heteroatoms. The quantitative estimate of drug-likeness (QED) is 0.264. The van der Waals surface area contributed by atoms with Gasteiger partial charge in [0, 0.05) is 29.8 Å². The molecule has 1 fully saturated rings. The summed E-state index contributed by atoms with van der Waals surface area (Å²) in [5.74, 6) is 0.747. The molecular formula is C27H35N5O4S. The van der Waals surface area contributed by atoms with E-state index in [1.165, 1.54) is 11.3 Å². The van der Waals surface area contributed by atoms with Crippen LogP contribution < -0.4 is 10.1 Å². The van der Waals surface area contributed by atoms with Gasteiger partial charge in [0.25, 0.3) is 0 Å². The third-order valence-corrected chi connectivity index (χ3v) is 8.08. The Morgan fingerprint density at radius 1 is 1.22 bits per heavy atom. The molecule has 2 N–H and O–H groups in total. The Hall–Kier alpha value is -3.11. The molecule has 0 aromatic carbocycles. The zero-order valence-electron chi connectivity index (χ0n) is 21.9. The van der Waals surface area contributed by atoms with E-state index in [1.54, 1.807) is 25.6 Å². The summed E-state index contributed by atoms with van der Waals surface area (Å²) in [6, 6.07) is 5.51. The number of nitrogens with one attached hydrogen (secondary N) is 1. The van der Waals surface area contributed by atoms with Crippen molar-refractivity contribution < 1.29 is 19.4 Å². The van der Waals surface area contributed by atoms with Crippen LogP contribution in [0.15, 0.2) is 30.6 Å². The number of anilines is 2. The number of aliphatic hydroxyl groups is 1. The number of nitrogens with zero attached hydrogens (tertiary/aromatic N) is 4. The molecule has 4 rings (SSSR count). The van der Waals surface area contributed by atoms with E-state index >= 15 is 0 Å². The molecule has 0 bridgehead atoms. The van der Waals surface area contributed by atoms with E-state index in [0.29, 0.717) is 23.4 Å². The molecule has 1 aliphatic carbocycles. The van der Waals surface area contributed by atoms with Crippen LogP contribution in [-0.4, -0.2) is 44.7 Å². The van der Waals surface area contributed by atoms with E-state index in [0.717, 1.165) is 60.5 Å². The minimum Gasteiger partial charge on any atom is -0.481 e. The van der Waals surface area contributed by atoms with Gasteiger partial charge in [-0.1, -0.05) is 13.3 Å². The molecule has 1 atom stereocenters. The average Bonchev–Trinajstić information content (AvgIpc) is 3.40. The Balaban J connectivity index is 1.44. The second-order valence-electron chi connectivity index (χ2n) is 9.68. The molecule has 1 saturated carbocycles. The SMILES string of the molecule is CCCCOC(=O)C1CCC(C(C)(O)c2ncc(-c3cc(Nc4nccc(OC)n4)cc(C)n3)s2)CC1. The van der Waals surface area contributed by atoms with Crippen molar-refractivity contribution in [2.45, 2.75) is 64.9 Å². The number of unbranched alkanes of at least 4 members (excludes halogenated alkanes) is 1. The van der Waals surface area contributed by atoms with Crippen molar-refractivity contribution in [1.29, 1.82) is 0 Å². The lowest BCUT2D eigenvalue weighted by molar-refractivity contribution is -0.151. The summed E-state index contributed by atoms with van der Waals surface area (Å²) in [5, 5.41) is 15.4. The minimum absolute atomic E-state index is 0.0269. The van der Waals surface area contributed by atoms with E-state index in [-0.39, 0.29) is 17.8 Å². The van der Waals surface area contributed by atoms with Gasteiger partial charge in [-0.2, -0.15) is 4.98 Å². The molecule has 3 heterocycles. The highest BCUT2D eigenvalue weighted by Crippen LogP contribution is 2.43. The largest absolute Gasteiger partial charge is 0.481 e. The predicted octanol–water partition coefficient (Wildman–Crippen LogP) is 5.41. The third kappa shape index (κ3) is 6.61. The fraction of sp³-hybridized carbons (Fsp3) is 0.519. The van der Waals surface area contributed by atoms with Crippen LogP contribution in [0.5, 0.6) is 5.88 Å². The van der Waals surface area contributed by atoms with Crippen LogP contribution in [-0.2, 0) is 15.1 Å². The maximum Gasteiger partial charge on any atom is 0.308 e. The van der Waals surface area contributed by atoms with E-state index in [2.05, 4.69) is 32.2 Å². The summed E-state index contributed by atoms with van der Waals surface area (Å²) in [6.07, 6.45) is 8.26. The Morgan fingerprint density at radius 3 is 2.73 bits per heavy atom. The van der Waals surface area contributed by atoms with Crippen molar-refractivity contribution in [1.82, 2.24) is 19.9 Å². The highest BCUT2D eigenvalue weighted by molar-refractivity contribution is 7.15. The van der Waals surface area contributed by atoms with Gasteiger partial charge in [-0.25, -0.2) is 9.97 Å². The van der Waals surface area contributed by atoms with E-state index < -0.39 is 5.60 Å². The monoisotopic (exact) mass is 525 g/mol. The van der Waals surface area contributed by atoms with Gasteiger partial charge in [0.2, 0.25) is 11.8 Å². The molecule has 3 aromatic rings. The maximum atomic E-state index is 12.3. The number of esters is 1. The number of pyridine rings is 1. The average molecular weight is 526 g/mol. The maximum absolute atomic E-state index is 12.3. The fourth-order valence-corrected chi connectivity index (χ4v) is 5.64. The molecule has 0 spiro atoms. The number of aromatic nitrogens is 4. The van der Waals surface area contributed by atoms with Crippen molar-refractivity contribution in [2.75, 3.05) is 19.0 Å². The fourth-order valence-electron chi connectivity index (χ4n) is 4.64. The Morgan fingerprint density at radius 2 is 2.00 bits per heavy atom. The van der Waals surface area contributed by atoms with Crippen LogP contribution in [0.2, 0.25) is 0 Å². The first kappa shape index (κ1) is 26.9. The number of ether oxygens (including phenoxy) is 2.